The number of aldehydes is 1. The normalized spacial score (nSPS) is 33.1. The predicted molar refractivity (Wildman–Crippen MR) is 44.6 cm³/mol. The number of ether oxygens (including phenoxy) is 3. The second kappa shape index (κ2) is 3.35. The molecule has 0 saturated heterocycles. The molecule has 2 N–H and O–H groups in total. The van der Waals surface area contributed by atoms with Crippen LogP contribution in [0.3, 0.4) is 0 Å². The van der Waals surface area contributed by atoms with E-state index in [9.17, 15) is 4.79 Å². The summed E-state index contributed by atoms with van der Waals surface area (Å²) in [6.45, 7) is 1.67. The largest absolute Gasteiger partial charge is 0.495 e. The van der Waals surface area contributed by atoms with E-state index >= 15 is 0 Å². The lowest BCUT2D eigenvalue weighted by atomic mass is 10.1. The number of carbonyl (C=O) groups excluding carboxylic acids is 1. The lowest BCUT2D eigenvalue weighted by Crippen LogP contribution is -2.52. The smallest absolute Gasteiger partial charge is 0.247 e. The van der Waals surface area contributed by atoms with Gasteiger partial charge in [-0.1, -0.05) is 0 Å². The molecule has 0 spiro atoms. The van der Waals surface area contributed by atoms with Crippen molar-refractivity contribution in [3.05, 3.63) is 11.5 Å². The fourth-order valence-electron chi connectivity index (χ4n) is 1.39. The molecular weight excluding hydrogens is 174 g/mol. The van der Waals surface area contributed by atoms with Gasteiger partial charge in [-0.2, -0.15) is 0 Å². The third kappa shape index (κ3) is 1.40. The van der Waals surface area contributed by atoms with Crippen LogP contribution in [0.15, 0.2) is 11.5 Å². The van der Waals surface area contributed by atoms with Crippen LogP contribution in [0.2, 0.25) is 0 Å². The summed E-state index contributed by atoms with van der Waals surface area (Å²) in [4.78, 5) is 10.7. The highest BCUT2D eigenvalue weighted by atomic mass is 16.6. The van der Waals surface area contributed by atoms with Crippen molar-refractivity contribution in [2.24, 2.45) is 5.73 Å². The van der Waals surface area contributed by atoms with Crippen LogP contribution in [0.4, 0.5) is 0 Å². The Morgan fingerprint density at radius 1 is 1.62 bits per heavy atom. The molecule has 0 aromatic heterocycles. The van der Waals surface area contributed by atoms with E-state index in [0.717, 1.165) is 0 Å². The second-order valence-electron chi connectivity index (χ2n) is 2.81. The maximum atomic E-state index is 10.7. The van der Waals surface area contributed by atoms with Gasteiger partial charge in [0.25, 0.3) is 0 Å². The van der Waals surface area contributed by atoms with Gasteiger partial charge in [0, 0.05) is 7.11 Å². The fourth-order valence-corrected chi connectivity index (χ4v) is 1.39. The Morgan fingerprint density at radius 3 is 2.62 bits per heavy atom. The fraction of sp³-hybridized carbons (Fsp3) is 0.625. The van der Waals surface area contributed by atoms with Crippen LogP contribution in [0.1, 0.15) is 6.92 Å². The Morgan fingerprint density at radius 2 is 2.23 bits per heavy atom. The number of allylic oxidation sites excluding steroid dienone is 1. The molecule has 0 radical (unpaired) electrons. The second-order valence-corrected chi connectivity index (χ2v) is 2.81. The molecule has 2 atom stereocenters. The van der Waals surface area contributed by atoms with Crippen molar-refractivity contribution < 1.29 is 19.0 Å². The average Bonchev–Trinajstić information content (AvgIpc) is 2.37. The monoisotopic (exact) mass is 187 g/mol. The van der Waals surface area contributed by atoms with E-state index in [2.05, 4.69) is 0 Å². The van der Waals surface area contributed by atoms with Gasteiger partial charge in [-0.25, -0.2) is 0 Å². The number of hydrogen-bond acceptors (Lipinski definition) is 5. The highest BCUT2D eigenvalue weighted by molar-refractivity contribution is 5.65. The summed E-state index contributed by atoms with van der Waals surface area (Å²) in [5, 5.41) is 0. The lowest BCUT2D eigenvalue weighted by Gasteiger charge is -2.23. The van der Waals surface area contributed by atoms with Gasteiger partial charge < -0.3 is 14.2 Å². The van der Waals surface area contributed by atoms with E-state index in [1.165, 1.54) is 14.2 Å². The Kier molecular flexibility index (Phi) is 2.58. The third-order valence-corrected chi connectivity index (χ3v) is 1.96. The van der Waals surface area contributed by atoms with Crippen LogP contribution < -0.4 is 5.73 Å². The molecule has 0 aliphatic carbocycles. The SMILES string of the molecule is COC1=C(C)OC(N)(C=O)C1OC. The van der Waals surface area contributed by atoms with E-state index in [-0.39, 0.29) is 0 Å². The average molecular weight is 187 g/mol. The van der Waals surface area contributed by atoms with Crippen LogP contribution in [-0.4, -0.2) is 32.3 Å². The van der Waals surface area contributed by atoms with Crippen molar-refractivity contribution in [1.29, 1.82) is 0 Å². The van der Waals surface area contributed by atoms with Gasteiger partial charge in [0.2, 0.25) is 5.72 Å². The molecule has 0 bridgehead atoms. The van der Waals surface area contributed by atoms with E-state index < -0.39 is 11.8 Å². The minimum atomic E-state index is -1.45. The highest BCUT2D eigenvalue weighted by Gasteiger charge is 2.48. The molecule has 1 aliphatic rings. The molecule has 0 amide bonds. The van der Waals surface area contributed by atoms with Crippen molar-refractivity contribution >= 4 is 6.29 Å². The summed E-state index contributed by atoms with van der Waals surface area (Å²) in [6.07, 6.45) is -0.161. The van der Waals surface area contributed by atoms with Crippen molar-refractivity contribution in [3.63, 3.8) is 0 Å². The molecule has 74 valence electrons. The zero-order valence-electron chi connectivity index (χ0n) is 7.87. The first-order valence-electron chi connectivity index (χ1n) is 3.80. The molecule has 0 saturated carbocycles. The minimum Gasteiger partial charge on any atom is -0.495 e. The molecule has 13 heavy (non-hydrogen) atoms. The molecule has 1 heterocycles. The van der Waals surface area contributed by atoms with Crippen LogP contribution >= 0.6 is 0 Å². The summed E-state index contributed by atoms with van der Waals surface area (Å²) >= 11 is 0. The van der Waals surface area contributed by atoms with E-state index in [0.29, 0.717) is 17.8 Å². The standard InChI is InChI=1S/C8H13NO4/c1-5-6(11-2)7(12-3)8(9,4-10)13-5/h4,7H,9H2,1-3H3. The summed E-state index contributed by atoms with van der Waals surface area (Å²) < 4.78 is 15.2. The minimum absolute atomic E-state index is 0.456. The molecule has 1 aliphatic heterocycles. The molecule has 5 nitrogen and oxygen atoms in total. The zero-order valence-corrected chi connectivity index (χ0v) is 7.87. The van der Waals surface area contributed by atoms with Crippen LogP contribution in [-0.2, 0) is 19.0 Å². The Labute approximate surface area is 76.4 Å². The molecule has 0 aromatic rings. The molecule has 0 aromatic carbocycles. The van der Waals surface area contributed by atoms with Crippen molar-refractivity contribution in [1.82, 2.24) is 0 Å². The van der Waals surface area contributed by atoms with E-state index in [1.54, 1.807) is 6.92 Å². The number of hydrogen-bond donors (Lipinski definition) is 1. The van der Waals surface area contributed by atoms with Gasteiger partial charge in [-0.05, 0) is 6.92 Å². The summed E-state index contributed by atoms with van der Waals surface area (Å²) in [6, 6.07) is 0. The summed E-state index contributed by atoms with van der Waals surface area (Å²) in [7, 11) is 2.92. The first kappa shape index (κ1) is 10.0. The first-order valence-corrected chi connectivity index (χ1v) is 3.80. The van der Waals surface area contributed by atoms with Crippen molar-refractivity contribution in [2.75, 3.05) is 14.2 Å². The van der Waals surface area contributed by atoms with Gasteiger partial charge in [0.1, 0.15) is 5.76 Å². The molecule has 1 rings (SSSR count). The highest BCUT2D eigenvalue weighted by Crippen LogP contribution is 2.31. The molecule has 5 heteroatoms. The quantitative estimate of drug-likeness (QED) is 0.617. The third-order valence-electron chi connectivity index (χ3n) is 1.96. The van der Waals surface area contributed by atoms with Gasteiger partial charge in [0.05, 0.1) is 7.11 Å². The molecule has 0 fully saturated rings. The number of carbonyl (C=O) groups is 1. The Bertz CT molecular complexity index is 251. The van der Waals surface area contributed by atoms with Crippen molar-refractivity contribution in [3.8, 4) is 0 Å². The number of nitrogens with two attached hydrogens (primary N) is 1. The summed E-state index contributed by atoms with van der Waals surface area (Å²) in [5.74, 6) is 0.932. The van der Waals surface area contributed by atoms with Crippen LogP contribution in [0.5, 0.6) is 0 Å². The Hall–Kier alpha value is -1.07. The van der Waals surface area contributed by atoms with E-state index in [1.807, 2.05) is 0 Å². The first-order chi connectivity index (χ1) is 6.09. The predicted octanol–water partition coefficient (Wildman–Crippen LogP) is -0.237. The Balaban J connectivity index is 2.98. The zero-order chi connectivity index (χ0) is 10.1. The topological polar surface area (TPSA) is 70.8 Å². The summed E-state index contributed by atoms with van der Waals surface area (Å²) in [5.41, 5.74) is 4.18. The lowest BCUT2D eigenvalue weighted by molar-refractivity contribution is -0.134. The van der Waals surface area contributed by atoms with Gasteiger partial charge in [-0.15, -0.1) is 0 Å². The van der Waals surface area contributed by atoms with Gasteiger partial charge in [-0.3, -0.25) is 10.5 Å². The molecule has 2 unspecified atom stereocenters. The molecular formula is C8H13NO4. The van der Waals surface area contributed by atoms with Crippen molar-refractivity contribution in [2.45, 2.75) is 18.8 Å². The van der Waals surface area contributed by atoms with Gasteiger partial charge >= 0.3 is 0 Å². The van der Waals surface area contributed by atoms with Crippen LogP contribution in [0.25, 0.3) is 0 Å². The van der Waals surface area contributed by atoms with Gasteiger partial charge in [0.15, 0.2) is 18.1 Å². The maximum absolute atomic E-state index is 10.7. The number of methoxy groups -OCH3 is 2. The maximum Gasteiger partial charge on any atom is 0.247 e. The van der Waals surface area contributed by atoms with E-state index in [4.69, 9.17) is 19.9 Å². The number of rotatable bonds is 3. The van der Waals surface area contributed by atoms with Crippen LogP contribution in [0, 0.1) is 0 Å².